The molecule has 0 spiro atoms. The Kier molecular flexibility index (Phi) is 5.88. The van der Waals surface area contributed by atoms with Crippen molar-refractivity contribution < 1.29 is 13.5 Å². The van der Waals surface area contributed by atoms with Crippen molar-refractivity contribution in [3.8, 4) is 6.01 Å². The predicted octanol–water partition coefficient (Wildman–Crippen LogP) is 4.42. The van der Waals surface area contributed by atoms with Gasteiger partial charge in [-0.1, -0.05) is 18.2 Å². The summed E-state index contributed by atoms with van der Waals surface area (Å²) in [6.45, 7) is 6.00. The lowest BCUT2D eigenvalue weighted by Gasteiger charge is -2.38. The average molecular weight is 547 g/mol. The number of anilines is 2. The fourth-order valence-electron chi connectivity index (χ4n) is 8.10. The van der Waals surface area contributed by atoms with Crippen molar-refractivity contribution in [3.63, 3.8) is 0 Å². The number of nitrogens with zero attached hydrogens (tertiary/aromatic N) is 5. The monoisotopic (exact) mass is 546 g/mol. The van der Waals surface area contributed by atoms with Crippen LogP contribution in [0.3, 0.4) is 0 Å². The second-order valence-corrected chi connectivity index (χ2v) is 12.4. The Hall–Kier alpha value is -3.04. The molecule has 1 aromatic heterocycles. The molecule has 8 rings (SSSR count). The fraction of sp³-hybridized carbons (Fsp3) is 0.548. The summed E-state index contributed by atoms with van der Waals surface area (Å²) in [7, 11) is 0. The highest BCUT2D eigenvalue weighted by Gasteiger charge is 2.45. The van der Waals surface area contributed by atoms with Gasteiger partial charge in [0.1, 0.15) is 12.4 Å². The van der Waals surface area contributed by atoms with Gasteiger partial charge in [0.2, 0.25) is 0 Å². The van der Waals surface area contributed by atoms with E-state index in [4.69, 9.17) is 14.7 Å². The summed E-state index contributed by atoms with van der Waals surface area (Å²) in [6, 6.07) is 9.91. The third kappa shape index (κ3) is 4.04. The maximum atomic E-state index is 15.1. The van der Waals surface area contributed by atoms with Crippen molar-refractivity contribution in [1.29, 1.82) is 0 Å². The largest absolute Gasteiger partial charge is 0.461 e. The molecule has 7 nitrogen and oxygen atoms in total. The first kappa shape index (κ1) is 24.7. The third-order valence-electron chi connectivity index (χ3n) is 10.1. The minimum absolute atomic E-state index is 0.115. The van der Waals surface area contributed by atoms with Gasteiger partial charge in [-0.15, -0.1) is 0 Å². The van der Waals surface area contributed by atoms with E-state index >= 15 is 4.39 Å². The molecule has 5 aliphatic rings. The van der Waals surface area contributed by atoms with Gasteiger partial charge in [0.05, 0.1) is 17.8 Å². The lowest BCUT2D eigenvalue weighted by atomic mass is 9.95. The molecular weight excluding hydrogens is 510 g/mol. The molecule has 0 radical (unpaired) electrons. The van der Waals surface area contributed by atoms with E-state index in [0.717, 1.165) is 44.1 Å². The van der Waals surface area contributed by atoms with Crippen LogP contribution >= 0.6 is 0 Å². The minimum Gasteiger partial charge on any atom is -0.461 e. The highest BCUT2D eigenvalue weighted by atomic mass is 19.2. The number of ether oxygens (including phenoxy) is 1. The zero-order valence-electron chi connectivity index (χ0n) is 22.8. The average Bonchev–Trinajstić information content (AvgIpc) is 3.66. The van der Waals surface area contributed by atoms with E-state index in [1.54, 1.807) is 6.07 Å². The van der Waals surface area contributed by atoms with E-state index < -0.39 is 11.6 Å². The third-order valence-corrected chi connectivity index (χ3v) is 10.1. The van der Waals surface area contributed by atoms with E-state index in [9.17, 15) is 4.39 Å². The molecule has 0 aliphatic carbocycles. The number of aromatic nitrogens is 2. The summed E-state index contributed by atoms with van der Waals surface area (Å²) in [5, 5.41) is 4.76. The highest BCUT2D eigenvalue weighted by molar-refractivity contribution is 5.95. The summed E-state index contributed by atoms with van der Waals surface area (Å²) >= 11 is 0. The number of halogens is 2. The molecule has 5 aliphatic heterocycles. The molecule has 3 aromatic rings. The molecule has 2 bridgehead atoms. The van der Waals surface area contributed by atoms with Crippen LogP contribution in [-0.4, -0.2) is 71.8 Å². The molecule has 0 saturated carbocycles. The van der Waals surface area contributed by atoms with Crippen LogP contribution < -0.4 is 19.9 Å². The SMILES string of the molecule is Fc1ccc2cccc(N3CCc4c(nc(OCC56CCCN5CCC6)nc4N4CC5CCC(C4)N5)C3)c2c1F. The Morgan fingerprint density at radius 1 is 0.950 bits per heavy atom. The first-order valence-electron chi connectivity index (χ1n) is 15.0. The highest BCUT2D eigenvalue weighted by Crippen LogP contribution is 2.40. The smallest absolute Gasteiger partial charge is 0.318 e. The zero-order chi connectivity index (χ0) is 26.8. The summed E-state index contributed by atoms with van der Waals surface area (Å²) in [6.07, 6.45) is 7.93. The lowest BCUT2D eigenvalue weighted by Crippen LogP contribution is -2.52. The number of rotatable bonds is 5. The van der Waals surface area contributed by atoms with Crippen LogP contribution in [0.25, 0.3) is 10.8 Å². The molecule has 2 aromatic carbocycles. The number of hydrogen-bond acceptors (Lipinski definition) is 7. The fourth-order valence-corrected chi connectivity index (χ4v) is 8.10. The van der Waals surface area contributed by atoms with Crippen molar-refractivity contribution in [1.82, 2.24) is 20.2 Å². The van der Waals surface area contributed by atoms with Crippen LogP contribution in [0.1, 0.15) is 49.8 Å². The molecule has 6 heterocycles. The van der Waals surface area contributed by atoms with Gasteiger partial charge < -0.3 is 19.9 Å². The second-order valence-electron chi connectivity index (χ2n) is 12.4. The second kappa shape index (κ2) is 9.52. The Labute approximate surface area is 233 Å². The quantitative estimate of drug-likeness (QED) is 0.509. The van der Waals surface area contributed by atoms with Gasteiger partial charge in [0.25, 0.3) is 0 Å². The van der Waals surface area contributed by atoms with Crippen LogP contribution in [0.4, 0.5) is 20.3 Å². The molecular formula is C31H36F2N6O. The number of hydrogen-bond donors (Lipinski definition) is 1. The van der Waals surface area contributed by atoms with Gasteiger partial charge in [-0.05, 0) is 75.6 Å². The van der Waals surface area contributed by atoms with Gasteiger partial charge in [-0.25, -0.2) is 8.78 Å². The van der Waals surface area contributed by atoms with Gasteiger partial charge in [0, 0.05) is 48.4 Å². The van der Waals surface area contributed by atoms with Crippen molar-refractivity contribution in [2.75, 3.05) is 49.1 Å². The Balaban J connectivity index is 1.15. The maximum absolute atomic E-state index is 15.1. The van der Waals surface area contributed by atoms with Crippen molar-refractivity contribution in [3.05, 3.63) is 53.2 Å². The van der Waals surface area contributed by atoms with Gasteiger partial charge in [-0.2, -0.15) is 9.97 Å². The van der Waals surface area contributed by atoms with E-state index in [2.05, 4.69) is 20.0 Å². The number of nitrogens with one attached hydrogen (secondary N) is 1. The summed E-state index contributed by atoms with van der Waals surface area (Å²) in [4.78, 5) is 17.2. The van der Waals surface area contributed by atoms with Crippen molar-refractivity contribution in [2.45, 2.75) is 69.1 Å². The van der Waals surface area contributed by atoms with Gasteiger partial charge in [-0.3, -0.25) is 4.90 Å². The maximum Gasteiger partial charge on any atom is 0.318 e. The normalized spacial score (nSPS) is 25.4. The van der Waals surface area contributed by atoms with E-state index in [1.807, 2.05) is 18.2 Å². The van der Waals surface area contributed by atoms with Crippen LogP contribution in [0.5, 0.6) is 6.01 Å². The summed E-state index contributed by atoms with van der Waals surface area (Å²) < 4.78 is 35.8. The van der Waals surface area contributed by atoms with Crippen molar-refractivity contribution in [2.24, 2.45) is 0 Å². The Morgan fingerprint density at radius 3 is 2.55 bits per heavy atom. The first-order chi connectivity index (χ1) is 19.6. The minimum atomic E-state index is -0.821. The summed E-state index contributed by atoms with van der Waals surface area (Å²) in [5.41, 5.74) is 2.91. The predicted molar refractivity (Wildman–Crippen MR) is 151 cm³/mol. The standard InChI is InChI=1S/C31H36F2N6O/c32-24-9-6-20-4-1-5-26(27(20)28(24)33)37-15-10-23-25(18-37)35-30(40-19-31-11-2-13-39(31)14-3-12-31)36-29(23)38-16-21-7-8-22(17-38)34-21/h1,4-6,9,21-22,34H,2-3,7-8,10-19H2. The van der Waals surface area contributed by atoms with E-state index in [1.165, 1.54) is 50.2 Å². The molecule has 9 heteroatoms. The Morgan fingerprint density at radius 2 is 1.75 bits per heavy atom. The number of piperazine rings is 1. The van der Waals surface area contributed by atoms with Crippen LogP contribution in [0.2, 0.25) is 0 Å². The van der Waals surface area contributed by atoms with E-state index in [-0.39, 0.29) is 5.54 Å². The van der Waals surface area contributed by atoms with Crippen LogP contribution in [0, 0.1) is 11.6 Å². The molecule has 1 N–H and O–H groups in total. The number of benzene rings is 2. The molecule has 2 atom stereocenters. The molecule has 2 unspecified atom stereocenters. The van der Waals surface area contributed by atoms with Gasteiger partial charge in [0.15, 0.2) is 11.6 Å². The lowest BCUT2D eigenvalue weighted by molar-refractivity contribution is 0.107. The first-order valence-corrected chi connectivity index (χ1v) is 15.0. The molecule has 0 amide bonds. The van der Waals surface area contributed by atoms with E-state index in [0.29, 0.717) is 54.3 Å². The molecule has 210 valence electrons. The van der Waals surface area contributed by atoms with Crippen molar-refractivity contribution >= 4 is 22.3 Å². The molecule has 40 heavy (non-hydrogen) atoms. The summed E-state index contributed by atoms with van der Waals surface area (Å²) in [5.74, 6) is -0.613. The zero-order valence-corrected chi connectivity index (χ0v) is 22.8. The molecule has 4 saturated heterocycles. The van der Waals surface area contributed by atoms with Gasteiger partial charge >= 0.3 is 6.01 Å². The Bertz CT molecular complexity index is 1440. The molecule has 4 fully saturated rings. The van der Waals surface area contributed by atoms with Crippen LogP contribution in [-0.2, 0) is 13.0 Å². The van der Waals surface area contributed by atoms with Crippen LogP contribution in [0.15, 0.2) is 30.3 Å². The number of fused-ring (bicyclic) bond motifs is 5. The topological polar surface area (TPSA) is 56.8 Å².